The number of hydrogen-bond donors (Lipinski definition) is 1. The SMILES string of the molecule is O=C(C=Cc1nccs1)NCCCN1CCc2ccccc2C1. The third kappa shape index (κ3) is 4.74. The normalized spacial score (nSPS) is 14.8. The lowest BCUT2D eigenvalue weighted by Crippen LogP contribution is -2.33. The Kier molecular flexibility index (Phi) is 5.56. The highest BCUT2D eigenvalue weighted by atomic mass is 32.1. The minimum Gasteiger partial charge on any atom is -0.353 e. The predicted molar refractivity (Wildman–Crippen MR) is 94.2 cm³/mol. The maximum Gasteiger partial charge on any atom is 0.244 e. The highest BCUT2D eigenvalue weighted by Crippen LogP contribution is 2.18. The molecule has 1 N–H and O–H groups in total. The number of nitrogens with zero attached hydrogens (tertiary/aromatic N) is 2. The van der Waals surface area contributed by atoms with E-state index in [9.17, 15) is 4.79 Å². The van der Waals surface area contributed by atoms with Crippen molar-refractivity contribution < 1.29 is 4.79 Å². The van der Waals surface area contributed by atoms with Gasteiger partial charge in [0.25, 0.3) is 0 Å². The van der Waals surface area contributed by atoms with Crippen LogP contribution in [0.15, 0.2) is 41.9 Å². The molecule has 0 spiro atoms. The van der Waals surface area contributed by atoms with Crippen LogP contribution in [0.4, 0.5) is 0 Å². The molecule has 3 rings (SSSR count). The second kappa shape index (κ2) is 8.04. The molecule has 1 amide bonds. The molecular weight excluding hydrogens is 306 g/mol. The highest BCUT2D eigenvalue weighted by Gasteiger charge is 2.14. The molecule has 1 aromatic carbocycles. The first-order valence-electron chi connectivity index (χ1n) is 7.96. The number of carbonyl (C=O) groups excluding carboxylic acids is 1. The van der Waals surface area contributed by atoms with E-state index in [4.69, 9.17) is 0 Å². The zero-order valence-corrected chi connectivity index (χ0v) is 13.9. The number of fused-ring (bicyclic) bond motifs is 1. The molecule has 4 nitrogen and oxygen atoms in total. The van der Waals surface area contributed by atoms with Crippen molar-refractivity contribution in [3.63, 3.8) is 0 Å². The monoisotopic (exact) mass is 327 g/mol. The van der Waals surface area contributed by atoms with Gasteiger partial charge in [0.15, 0.2) is 0 Å². The third-order valence-electron chi connectivity index (χ3n) is 3.99. The molecule has 5 heteroatoms. The number of amides is 1. The van der Waals surface area contributed by atoms with Gasteiger partial charge in [-0.05, 0) is 30.0 Å². The van der Waals surface area contributed by atoms with Gasteiger partial charge in [-0.15, -0.1) is 11.3 Å². The smallest absolute Gasteiger partial charge is 0.244 e. The maximum absolute atomic E-state index is 11.7. The number of aromatic nitrogens is 1. The van der Waals surface area contributed by atoms with Gasteiger partial charge in [0.05, 0.1) is 0 Å². The summed E-state index contributed by atoms with van der Waals surface area (Å²) in [5.41, 5.74) is 2.92. The molecular formula is C18H21N3OS. The first kappa shape index (κ1) is 15.9. The second-order valence-corrected chi connectivity index (χ2v) is 6.57. The maximum atomic E-state index is 11.7. The molecule has 0 unspecified atom stereocenters. The van der Waals surface area contributed by atoms with Crippen molar-refractivity contribution in [1.82, 2.24) is 15.2 Å². The second-order valence-electron chi connectivity index (χ2n) is 5.64. The Morgan fingerprint density at radius 3 is 3.04 bits per heavy atom. The number of nitrogens with one attached hydrogen (secondary N) is 1. The summed E-state index contributed by atoms with van der Waals surface area (Å²) in [4.78, 5) is 18.3. The van der Waals surface area contributed by atoms with E-state index >= 15 is 0 Å². The van der Waals surface area contributed by atoms with Crippen LogP contribution in [0.5, 0.6) is 0 Å². The molecule has 0 bridgehead atoms. The van der Waals surface area contributed by atoms with Crippen molar-refractivity contribution >= 4 is 23.3 Å². The van der Waals surface area contributed by atoms with Crippen molar-refractivity contribution in [3.05, 3.63) is 58.1 Å². The summed E-state index contributed by atoms with van der Waals surface area (Å²) < 4.78 is 0. The van der Waals surface area contributed by atoms with Crippen molar-refractivity contribution in [3.8, 4) is 0 Å². The largest absolute Gasteiger partial charge is 0.353 e. The molecule has 0 radical (unpaired) electrons. The quantitative estimate of drug-likeness (QED) is 0.655. The molecule has 0 saturated heterocycles. The fourth-order valence-electron chi connectivity index (χ4n) is 2.78. The first-order valence-corrected chi connectivity index (χ1v) is 8.84. The van der Waals surface area contributed by atoms with Crippen LogP contribution in [-0.4, -0.2) is 35.4 Å². The Balaban J connectivity index is 1.35. The van der Waals surface area contributed by atoms with Gasteiger partial charge in [0.1, 0.15) is 5.01 Å². The van der Waals surface area contributed by atoms with E-state index < -0.39 is 0 Å². The average Bonchev–Trinajstić information content (AvgIpc) is 3.10. The summed E-state index contributed by atoms with van der Waals surface area (Å²) in [5.74, 6) is -0.0517. The fourth-order valence-corrected chi connectivity index (χ4v) is 3.31. The summed E-state index contributed by atoms with van der Waals surface area (Å²) in [6.07, 6.45) is 7.13. The zero-order valence-electron chi connectivity index (χ0n) is 13.1. The standard InChI is InChI=1S/C18H21N3OS/c22-17(6-7-18-20-10-13-23-18)19-9-3-11-21-12-8-15-4-1-2-5-16(15)14-21/h1-2,4-7,10,13H,3,8-9,11-12,14H2,(H,19,22). The highest BCUT2D eigenvalue weighted by molar-refractivity contribution is 7.10. The van der Waals surface area contributed by atoms with Crippen LogP contribution in [0, 0.1) is 0 Å². The summed E-state index contributed by atoms with van der Waals surface area (Å²) in [6.45, 7) is 3.85. The van der Waals surface area contributed by atoms with Crippen LogP contribution in [0.2, 0.25) is 0 Å². The molecule has 1 aliphatic rings. The zero-order chi connectivity index (χ0) is 15.9. The van der Waals surface area contributed by atoms with Crippen LogP contribution >= 0.6 is 11.3 Å². The Labute approximate surface area is 140 Å². The molecule has 0 fully saturated rings. The minimum atomic E-state index is -0.0517. The van der Waals surface area contributed by atoms with E-state index in [2.05, 4.69) is 39.5 Å². The van der Waals surface area contributed by atoms with Gasteiger partial charge in [0.2, 0.25) is 5.91 Å². The number of hydrogen-bond acceptors (Lipinski definition) is 4. The van der Waals surface area contributed by atoms with E-state index in [1.165, 1.54) is 22.5 Å². The fraction of sp³-hybridized carbons (Fsp3) is 0.333. The van der Waals surface area contributed by atoms with Crippen molar-refractivity contribution in [2.45, 2.75) is 19.4 Å². The number of rotatable bonds is 6. The molecule has 120 valence electrons. The van der Waals surface area contributed by atoms with E-state index in [0.29, 0.717) is 6.54 Å². The molecule has 1 aliphatic heterocycles. The van der Waals surface area contributed by atoms with Gasteiger partial charge in [-0.1, -0.05) is 24.3 Å². The topological polar surface area (TPSA) is 45.2 Å². The summed E-state index contributed by atoms with van der Waals surface area (Å²) in [5, 5.41) is 5.68. The summed E-state index contributed by atoms with van der Waals surface area (Å²) >= 11 is 1.52. The molecule has 0 atom stereocenters. The Hall–Kier alpha value is -1.98. The summed E-state index contributed by atoms with van der Waals surface area (Å²) in [6, 6.07) is 8.66. The molecule has 2 aromatic rings. The van der Waals surface area contributed by atoms with E-state index in [1.807, 2.05) is 5.38 Å². The molecule has 0 saturated carbocycles. The molecule has 0 aliphatic carbocycles. The average molecular weight is 327 g/mol. The van der Waals surface area contributed by atoms with Crippen LogP contribution in [-0.2, 0) is 17.8 Å². The van der Waals surface area contributed by atoms with Gasteiger partial charge in [-0.25, -0.2) is 4.98 Å². The van der Waals surface area contributed by atoms with Crippen LogP contribution in [0.3, 0.4) is 0 Å². The van der Waals surface area contributed by atoms with Gasteiger partial charge < -0.3 is 5.32 Å². The number of carbonyl (C=O) groups is 1. The van der Waals surface area contributed by atoms with Crippen LogP contribution in [0.1, 0.15) is 22.6 Å². The van der Waals surface area contributed by atoms with E-state index in [-0.39, 0.29) is 5.91 Å². The predicted octanol–water partition coefficient (Wildman–Crippen LogP) is 2.72. The Morgan fingerprint density at radius 2 is 2.22 bits per heavy atom. The number of thiazole rings is 1. The molecule has 23 heavy (non-hydrogen) atoms. The van der Waals surface area contributed by atoms with Gasteiger partial charge in [0, 0.05) is 43.8 Å². The first-order chi connectivity index (χ1) is 11.3. The molecule has 1 aromatic heterocycles. The van der Waals surface area contributed by atoms with E-state index in [1.54, 1.807) is 18.3 Å². The Morgan fingerprint density at radius 1 is 1.35 bits per heavy atom. The van der Waals surface area contributed by atoms with Gasteiger partial charge >= 0.3 is 0 Å². The van der Waals surface area contributed by atoms with Crippen molar-refractivity contribution in [2.75, 3.05) is 19.6 Å². The molecule has 2 heterocycles. The third-order valence-corrected chi connectivity index (χ3v) is 4.73. The summed E-state index contributed by atoms with van der Waals surface area (Å²) in [7, 11) is 0. The van der Waals surface area contributed by atoms with Crippen LogP contribution in [0.25, 0.3) is 6.08 Å². The van der Waals surface area contributed by atoms with Crippen molar-refractivity contribution in [2.24, 2.45) is 0 Å². The van der Waals surface area contributed by atoms with Crippen LogP contribution < -0.4 is 5.32 Å². The number of benzene rings is 1. The van der Waals surface area contributed by atoms with E-state index in [0.717, 1.165) is 37.5 Å². The van der Waals surface area contributed by atoms with Gasteiger partial charge in [-0.2, -0.15) is 0 Å². The lowest BCUT2D eigenvalue weighted by Gasteiger charge is -2.28. The Bertz CT molecular complexity index is 667. The minimum absolute atomic E-state index is 0.0517. The lowest BCUT2D eigenvalue weighted by molar-refractivity contribution is -0.116. The van der Waals surface area contributed by atoms with Crippen molar-refractivity contribution in [1.29, 1.82) is 0 Å². The van der Waals surface area contributed by atoms with Gasteiger partial charge in [-0.3, -0.25) is 9.69 Å². The lowest BCUT2D eigenvalue weighted by atomic mass is 10.00.